The topological polar surface area (TPSA) is 26.3 Å². The lowest BCUT2D eigenvalue weighted by atomic mass is 10.1. The number of rotatable bonds is 5. The van der Waals surface area contributed by atoms with Gasteiger partial charge in [0.05, 0.1) is 0 Å². The molecular formula is C18H18O2. The molecule has 102 valence electrons. The van der Waals surface area contributed by atoms with Gasteiger partial charge in [0.2, 0.25) is 0 Å². The van der Waals surface area contributed by atoms with E-state index in [1.165, 1.54) is 5.56 Å². The van der Waals surface area contributed by atoms with Crippen LogP contribution >= 0.6 is 0 Å². The Morgan fingerprint density at radius 1 is 1.00 bits per heavy atom. The minimum atomic E-state index is 0.554. The molecule has 2 aromatic carbocycles. The quantitative estimate of drug-likeness (QED) is 0.755. The second-order valence-corrected chi connectivity index (χ2v) is 4.88. The molecule has 0 saturated carbocycles. The summed E-state index contributed by atoms with van der Waals surface area (Å²) in [5.74, 6) is 0.875. The molecule has 0 radical (unpaired) electrons. The third kappa shape index (κ3) is 4.09. The van der Waals surface area contributed by atoms with Crippen LogP contribution < -0.4 is 4.74 Å². The molecule has 0 fully saturated rings. The molecule has 0 aliphatic carbocycles. The molecule has 2 aromatic rings. The Hall–Kier alpha value is -2.35. The molecular weight excluding hydrogens is 248 g/mol. The Bertz CT molecular complexity index is 592. The van der Waals surface area contributed by atoms with Crippen molar-refractivity contribution < 1.29 is 9.53 Å². The zero-order valence-electron chi connectivity index (χ0n) is 11.8. The Morgan fingerprint density at radius 2 is 1.60 bits per heavy atom. The molecule has 0 atom stereocenters. The first kappa shape index (κ1) is 14.1. The molecule has 0 saturated heterocycles. The number of benzene rings is 2. The van der Waals surface area contributed by atoms with Gasteiger partial charge in [-0.3, -0.25) is 4.79 Å². The van der Waals surface area contributed by atoms with Gasteiger partial charge in [0, 0.05) is 5.56 Å². The molecule has 0 unspecified atom stereocenters. The van der Waals surface area contributed by atoms with Crippen LogP contribution in [0.5, 0.6) is 5.75 Å². The van der Waals surface area contributed by atoms with Gasteiger partial charge in [-0.15, -0.1) is 0 Å². The number of hydrogen-bond acceptors (Lipinski definition) is 2. The fraction of sp³-hybridized carbons (Fsp3) is 0.167. The number of carbonyl (C=O) groups excluding carboxylic acids is 1. The molecule has 0 bridgehead atoms. The summed E-state index contributed by atoms with van der Waals surface area (Å²) in [6.07, 6.45) is 2.91. The van der Waals surface area contributed by atoms with Crippen LogP contribution in [0.15, 0.2) is 54.1 Å². The molecule has 2 rings (SSSR count). The monoisotopic (exact) mass is 266 g/mol. The number of carbonyl (C=O) groups is 1. The lowest BCUT2D eigenvalue weighted by Crippen LogP contribution is -1.98. The zero-order chi connectivity index (χ0) is 14.4. The van der Waals surface area contributed by atoms with E-state index in [9.17, 15) is 4.79 Å². The van der Waals surface area contributed by atoms with E-state index >= 15 is 0 Å². The summed E-state index contributed by atoms with van der Waals surface area (Å²) in [5.41, 5.74) is 4.11. The van der Waals surface area contributed by atoms with Gasteiger partial charge in [-0.1, -0.05) is 48.0 Å². The van der Waals surface area contributed by atoms with Crippen LogP contribution in [-0.4, -0.2) is 12.9 Å². The largest absolute Gasteiger partial charge is 0.489 e. The molecule has 0 aromatic heterocycles. The summed E-state index contributed by atoms with van der Waals surface area (Å²) < 4.78 is 5.72. The fourth-order valence-corrected chi connectivity index (χ4v) is 1.83. The first-order valence-electron chi connectivity index (χ1n) is 6.59. The van der Waals surface area contributed by atoms with E-state index in [1.54, 1.807) is 0 Å². The maximum absolute atomic E-state index is 10.6. The normalized spacial score (nSPS) is 11.2. The maximum atomic E-state index is 10.6. The number of aryl methyl sites for hydroxylation is 1. The Kier molecular flexibility index (Phi) is 4.72. The van der Waals surface area contributed by atoms with Gasteiger partial charge in [0.25, 0.3) is 0 Å². The van der Waals surface area contributed by atoms with Crippen LogP contribution in [0.1, 0.15) is 28.4 Å². The molecule has 2 nitrogen and oxygen atoms in total. The van der Waals surface area contributed by atoms with Gasteiger partial charge < -0.3 is 4.74 Å². The molecule has 0 aliphatic rings. The predicted molar refractivity (Wildman–Crippen MR) is 82.2 cm³/mol. The van der Waals surface area contributed by atoms with Crippen LogP contribution in [0, 0.1) is 6.92 Å². The van der Waals surface area contributed by atoms with Crippen LogP contribution in [0.2, 0.25) is 0 Å². The molecule has 0 aliphatic heterocycles. The molecule has 0 N–H and O–H groups in total. The van der Waals surface area contributed by atoms with Gasteiger partial charge in [-0.25, -0.2) is 0 Å². The number of aldehydes is 1. The summed E-state index contributed by atoms with van der Waals surface area (Å²) in [5, 5.41) is 0. The van der Waals surface area contributed by atoms with Crippen molar-refractivity contribution in [2.75, 3.05) is 6.61 Å². The van der Waals surface area contributed by atoms with E-state index in [-0.39, 0.29) is 0 Å². The van der Waals surface area contributed by atoms with Gasteiger partial charge in [0.1, 0.15) is 18.6 Å². The number of hydrogen-bond donors (Lipinski definition) is 0. The second kappa shape index (κ2) is 6.71. The summed E-state index contributed by atoms with van der Waals surface area (Å²) >= 11 is 0. The minimum Gasteiger partial charge on any atom is -0.489 e. The summed E-state index contributed by atoms with van der Waals surface area (Å²) in [4.78, 5) is 10.6. The van der Waals surface area contributed by atoms with Crippen LogP contribution in [0.3, 0.4) is 0 Å². The first-order valence-corrected chi connectivity index (χ1v) is 6.59. The molecule has 2 heteroatoms. The summed E-state index contributed by atoms with van der Waals surface area (Å²) in [6.45, 7) is 4.64. The SMILES string of the molecule is CC(=Cc1ccc(C=O)cc1)COc1ccc(C)cc1. The highest BCUT2D eigenvalue weighted by atomic mass is 16.5. The second-order valence-electron chi connectivity index (χ2n) is 4.88. The van der Waals surface area contributed by atoms with Crippen molar-refractivity contribution in [1.29, 1.82) is 0 Å². The van der Waals surface area contributed by atoms with Crippen molar-refractivity contribution in [3.05, 3.63) is 70.8 Å². The molecule has 20 heavy (non-hydrogen) atoms. The highest BCUT2D eigenvalue weighted by molar-refractivity contribution is 5.75. The highest BCUT2D eigenvalue weighted by Crippen LogP contribution is 2.14. The number of ether oxygens (including phenoxy) is 1. The third-order valence-electron chi connectivity index (χ3n) is 2.97. The zero-order valence-corrected chi connectivity index (χ0v) is 11.8. The van der Waals surface area contributed by atoms with E-state index < -0.39 is 0 Å². The van der Waals surface area contributed by atoms with E-state index in [2.05, 4.69) is 13.0 Å². The van der Waals surface area contributed by atoms with Gasteiger partial charge in [-0.2, -0.15) is 0 Å². The standard InChI is InChI=1S/C18H18O2/c1-14-3-9-18(10-4-14)20-13-15(2)11-16-5-7-17(12-19)8-6-16/h3-12H,13H2,1-2H3. The van der Waals surface area contributed by atoms with E-state index in [0.29, 0.717) is 12.2 Å². The average Bonchev–Trinajstić information content (AvgIpc) is 2.47. The fourth-order valence-electron chi connectivity index (χ4n) is 1.83. The smallest absolute Gasteiger partial charge is 0.150 e. The van der Waals surface area contributed by atoms with Gasteiger partial charge >= 0.3 is 0 Å². The van der Waals surface area contributed by atoms with Crippen molar-refractivity contribution >= 4 is 12.4 Å². The van der Waals surface area contributed by atoms with Crippen molar-refractivity contribution in [1.82, 2.24) is 0 Å². The van der Waals surface area contributed by atoms with Crippen LogP contribution in [0.4, 0.5) is 0 Å². The maximum Gasteiger partial charge on any atom is 0.150 e. The third-order valence-corrected chi connectivity index (χ3v) is 2.97. The van der Waals surface area contributed by atoms with Crippen LogP contribution in [0.25, 0.3) is 6.08 Å². The van der Waals surface area contributed by atoms with E-state index in [4.69, 9.17) is 4.74 Å². The minimum absolute atomic E-state index is 0.554. The van der Waals surface area contributed by atoms with E-state index in [1.807, 2.05) is 55.5 Å². The lowest BCUT2D eigenvalue weighted by Gasteiger charge is -2.07. The summed E-state index contributed by atoms with van der Waals surface area (Å²) in [6, 6.07) is 15.5. The first-order chi connectivity index (χ1) is 9.67. The molecule has 0 heterocycles. The molecule has 0 amide bonds. The Labute approximate surface area is 119 Å². The van der Waals surface area contributed by atoms with Crippen LogP contribution in [-0.2, 0) is 0 Å². The van der Waals surface area contributed by atoms with E-state index in [0.717, 1.165) is 23.2 Å². The van der Waals surface area contributed by atoms with Crippen molar-refractivity contribution in [3.63, 3.8) is 0 Å². The molecule has 0 spiro atoms. The van der Waals surface area contributed by atoms with Crippen molar-refractivity contribution in [2.45, 2.75) is 13.8 Å². The summed E-state index contributed by atoms with van der Waals surface area (Å²) in [7, 11) is 0. The van der Waals surface area contributed by atoms with Crippen molar-refractivity contribution in [2.24, 2.45) is 0 Å². The predicted octanol–water partition coefficient (Wildman–Crippen LogP) is 4.29. The van der Waals surface area contributed by atoms with Gasteiger partial charge in [-0.05, 0) is 37.1 Å². The lowest BCUT2D eigenvalue weighted by molar-refractivity contribution is 0.112. The van der Waals surface area contributed by atoms with Crippen molar-refractivity contribution in [3.8, 4) is 5.75 Å². The average molecular weight is 266 g/mol. The Morgan fingerprint density at radius 3 is 2.20 bits per heavy atom. The van der Waals surface area contributed by atoms with Gasteiger partial charge in [0.15, 0.2) is 0 Å². The Balaban J connectivity index is 1.96. The highest BCUT2D eigenvalue weighted by Gasteiger charge is 1.96.